The molecule has 4 heterocycles. The van der Waals surface area contributed by atoms with Crippen molar-refractivity contribution in [2.75, 3.05) is 0 Å². The van der Waals surface area contributed by atoms with Gasteiger partial charge in [-0.05, 0) is 43.5 Å². The minimum absolute atomic E-state index is 0.0219. The first kappa shape index (κ1) is 18.4. The van der Waals surface area contributed by atoms with E-state index >= 15 is 0 Å². The third kappa shape index (κ3) is 3.69. The van der Waals surface area contributed by atoms with E-state index in [2.05, 4.69) is 15.1 Å². The molecule has 0 atom stereocenters. The SMILES string of the molecule is Cc1cc(C)n(-c2ccc(Cl)c(C(=O)OCc3coc(-c4cccs4)n3)n2)n1. The first-order valence-electron chi connectivity index (χ1n) is 8.37. The van der Waals surface area contributed by atoms with Crippen LogP contribution in [0, 0.1) is 13.8 Å². The second-order valence-electron chi connectivity index (χ2n) is 6.04. The van der Waals surface area contributed by atoms with Crippen molar-refractivity contribution in [3.8, 4) is 16.6 Å². The zero-order valence-corrected chi connectivity index (χ0v) is 16.6. The Morgan fingerprint density at radius 2 is 2.14 bits per heavy atom. The minimum atomic E-state index is -0.644. The van der Waals surface area contributed by atoms with E-state index in [9.17, 15) is 4.79 Å². The van der Waals surface area contributed by atoms with Gasteiger partial charge in [0.05, 0.1) is 15.6 Å². The van der Waals surface area contributed by atoms with Crippen LogP contribution < -0.4 is 0 Å². The van der Waals surface area contributed by atoms with Gasteiger partial charge >= 0.3 is 5.97 Å². The summed E-state index contributed by atoms with van der Waals surface area (Å²) in [6.45, 7) is 3.75. The number of nitrogens with zero attached hydrogens (tertiary/aromatic N) is 4. The van der Waals surface area contributed by atoms with Crippen LogP contribution in [0.3, 0.4) is 0 Å². The van der Waals surface area contributed by atoms with Gasteiger partial charge in [0.15, 0.2) is 11.5 Å². The molecule has 0 aliphatic rings. The molecule has 0 aliphatic heterocycles. The zero-order valence-electron chi connectivity index (χ0n) is 15.0. The maximum absolute atomic E-state index is 12.5. The molecule has 0 bridgehead atoms. The van der Waals surface area contributed by atoms with Crippen molar-refractivity contribution >= 4 is 28.9 Å². The number of aryl methyl sites for hydroxylation is 2. The molecule has 7 nitrogen and oxygen atoms in total. The second-order valence-corrected chi connectivity index (χ2v) is 7.39. The Morgan fingerprint density at radius 3 is 2.86 bits per heavy atom. The first-order valence-corrected chi connectivity index (χ1v) is 9.62. The van der Waals surface area contributed by atoms with Crippen LogP contribution in [-0.4, -0.2) is 25.7 Å². The molecule has 0 saturated carbocycles. The Bertz CT molecular complexity index is 1130. The van der Waals surface area contributed by atoms with Gasteiger partial charge in [-0.25, -0.2) is 19.4 Å². The number of carbonyl (C=O) groups is 1. The number of ether oxygens (including phenoxy) is 1. The van der Waals surface area contributed by atoms with E-state index in [1.807, 2.05) is 37.4 Å². The summed E-state index contributed by atoms with van der Waals surface area (Å²) in [5, 5.41) is 6.51. The number of pyridine rings is 1. The van der Waals surface area contributed by atoms with E-state index < -0.39 is 5.97 Å². The Morgan fingerprint density at radius 1 is 1.29 bits per heavy atom. The number of thiophene rings is 1. The normalized spacial score (nSPS) is 11.0. The van der Waals surface area contributed by atoms with Crippen LogP contribution in [0.25, 0.3) is 16.6 Å². The summed E-state index contributed by atoms with van der Waals surface area (Å²) >= 11 is 7.67. The lowest BCUT2D eigenvalue weighted by molar-refractivity contribution is 0.0461. The lowest BCUT2D eigenvalue weighted by Crippen LogP contribution is -2.11. The standard InChI is InChI=1S/C19H15ClN4O3S/c1-11-8-12(2)24(23-11)16-6-5-14(20)17(22-16)19(25)27-10-13-9-26-18(21-13)15-4-3-7-28-15/h3-9H,10H2,1-2H3. The van der Waals surface area contributed by atoms with Crippen LogP contribution in [0.5, 0.6) is 0 Å². The summed E-state index contributed by atoms with van der Waals surface area (Å²) in [5.41, 5.74) is 2.28. The summed E-state index contributed by atoms with van der Waals surface area (Å²) in [4.78, 5) is 22.0. The highest BCUT2D eigenvalue weighted by Crippen LogP contribution is 2.24. The lowest BCUT2D eigenvalue weighted by atomic mass is 10.3. The van der Waals surface area contributed by atoms with E-state index in [4.69, 9.17) is 20.8 Å². The van der Waals surface area contributed by atoms with Gasteiger partial charge in [0, 0.05) is 5.69 Å². The molecule has 0 unspecified atom stereocenters. The highest BCUT2D eigenvalue weighted by Gasteiger charge is 2.18. The van der Waals surface area contributed by atoms with Gasteiger partial charge in [0.25, 0.3) is 0 Å². The van der Waals surface area contributed by atoms with Crippen molar-refractivity contribution in [2.45, 2.75) is 20.5 Å². The molecular formula is C19H15ClN4O3S. The van der Waals surface area contributed by atoms with E-state index in [1.54, 1.807) is 16.8 Å². The molecule has 0 amide bonds. The third-order valence-corrected chi connectivity index (χ3v) is 5.05. The average molecular weight is 415 g/mol. The summed E-state index contributed by atoms with van der Waals surface area (Å²) in [6.07, 6.45) is 1.46. The number of hydrogen-bond donors (Lipinski definition) is 0. The average Bonchev–Trinajstić information content (AvgIpc) is 3.41. The molecule has 28 heavy (non-hydrogen) atoms. The first-order chi connectivity index (χ1) is 13.5. The van der Waals surface area contributed by atoms with Gasteiger partial charge in [0.2, 0.25) is 5.89 Å². The topological polar surface area (TPSA) is 83.0 Å². The van der Waals surface area contributed by atoms with Crippen molar-refractivity contribution in [3.63, 3.8) is 0 Å². The fourth-order valence-electron chi connectivity index (χ4n) is 2.65. The number of rotatable bonds is 5. The maximum Gasteiger partial charge on any atom is 0.358 e. The van der Waals surface area contributed by atoms with Gasteiger partial charge in [-0.2, -0.15) is 5.10 Å². The molecule has 0 aromatic carbocycles. The summed E-state index contributed by atoms with van der Waals surface area (Å²) in [7, 11) is 0. The molecule has 9 heteroatoms. The van der Waals surface area contributed by atoms with Crippen LogP contribution in [0.4, 0.5) is 0 Å². The molecule has 0 fully saturated rings. The number of carbonyl (C=O) groups excluding carboxylic acids is 1. The predicted octanol–water partition coefficient (Wildman–Crippen LogP) is 4.61. The van der Waals surface area contributed by atoms with Gasteiger partial charge in [0.1, 0.15) is 18.6 Å². The molecule has 0 spiro atoms. The molecular weight excluding hydrogens is 400 g/mol. The van der Waals surface area contributed by atoms with Gasteiger partial charge in [-0.15, -0.1) is 11.3 Å². The van der Waals surface area contributed by atoms with Gasteiger partial charge in [-0.1, -0.05) is 17.7 Å². The van der Waals surface area contributed by atoms with Crippen molar-refractivity contribution in [1.82, 2.24) is 19.7 Å². The second kappa shape index (κ2) is 7.57. The summed E-state index contributed by atoms with van der Waals surface area (Å²) < 4.78 is 12.4. The molecule has 0 radical (unpaired) electrons. The van der Waals surface area contributed by atoms with Crippen LogP contribution in [0.2, 0.25) is 5.02 Å². The Labute approximate surface area is 169 Å². The third-order valence-electron chi connectivity index (χ3n) is 3.89. The van der Waals surface area contributed by atoms with E-state index in [0.29, 0.717) is 17.4 Å². The van der Waals surface area contributed by atoms with Crippen LogP contribution in [0.15, 0.2) is 46.4 Å². The Kier molecular flexibility index (Phi) is 4.97. The lowest BCUT2D eigenvalue weighted by Gasteiger charge is -2.08. The molecule has 4 rings (SSSR count). The van der Waals surface area contributed by atoms with E-state index in [0.717, 1.165) is 16.3 Å². The summed E-state index contributed by atoms with van der Waals surface area (Å²) in [6, 6.07) is 9.03. The zero-order chi connectivity index (χ0) is 19.7. The fourth-order valence-corrected chi connectivity index (χ4v) is 3.49. The monoisotopic (exact) mass is 414 g/mol. The van der Waals surface area contributed by atoms with Crippen molar-refractivity contribution in [3.05, 3.63) is 69.8 Å². The predicted molar refractivity (Wildman–Crippen MR) is 105 cm³/mol. The van der Waals surface area contributed by atoms with E-state index in [-0.39, 0.29) is 17.3 Å². The van der Waals surface area contributed by atoms with Crippen LogP contribution in [0.1, 0.15) is 27.6 Å². The molecule has 0 N–H and O–H groups in total. The van der Waals surface area contributed by atoms with Gasteiger partial charge < -0.3 is 9.15 Å². The van der Waals surface area contributed by atoms with Crippen LogP contribution in [-0.2, 0) is 11.3 Å². The minimum Gasteiger partial charge on any atom is -0.454 e. The summed E-state index contributed by atoms with van der Waals surface area (Å²) in [5.74, 6) is 0.334. The molecule has 0 saturated heterocycles. The largest absolute Gasteiger partial charge is 0.454 e. The van der Waals surface area contributed by atoms with Crippen molar-refractivity contribution in [2.24, 2.45) is 0 Å². The Balaban J connectivity index is 1.50. The highest BCUT2D eigenvalue weighted by molar-refractivity contribution is 7.13. The molecule has 0 aliphatic carbocycles. The number of hydrogen-bond acceptors (Lipinski definition) is 7. The fraction of sp³-hybridized carbons (Fsp3) is 0.158. The number of halogens is 1. The van der Waals surface area contributed by atoms with Crippen molar-refractivity contribution in [1.29, 1.82) is 0 Å². The van der Waals surface area contributed by atoms with Gasteiger partial charge in [-0.3, -0.25) is 0 Å². The maximum atomic E-state index is 12.5. The number of oxazole rings is 1. The number of aromatic nitrogens is 4. The molecule has 4 aromatic rings. The molecule has 4 aromatic heterocycles. The smallest absolute Gasteiger partial charge is 0.358 e. The van der Waals surface area contributed by atoms with Crippen LogP contribution >= 0.6 is 22.9 Å². The molecule has 142 valence electrons. The number of esters is 1. The highest BCUT2D eigenvalue weighted by atomic mass is 35.5. The van der Waals surface area contributed by atoms with Crippen molar-refractivity contribution < 1.29 is 13.9 Å². The van der Waals surface area contributed by atoms with E-state index in [1.165, 1.54) is 17.6 Å². The quantitative estimate of drug-likeness (QED) is 0.443. The Hall–Kier alpha value is -2.97.